The number of methoxy groups -OCH3 is 3. The largest absolute Gasteiger partial charge is 1.00 e. The van der Waals surface area contributed by atoms with Crippen LogP contribution in [0.4, 0.5) is 0 Å². The number of rotatable bonds is 22. The van der Waals surface area contributed by atoms with Gasteiger partial charge in [-0.05, 0) is 217 Å². The fourth-order valence-corrected chi connectivity index (χ4v) is 17.6. The third kappa shape index (κ3) is 47.2. The Balaban J connectivity index is 0.000000437. The van der Waals surface area contributed by atoms with Crippen molar-refractivity contribution in [2.45, 2.75) is 191 Å². The van der Waals surface area contributed by atoms with Gasteiger partial charge in [0, 0.05) is 141 Å². The fraction of sp³-hybridized carbons (Fsp3) is 0.435. The van der Waals surface area contributed by atoms with Crippen molar-refractivity contribution in [1.82, 2.24) is 10.4 Å². The number of Topliss-reactive ketones (excluding diaryl/α,β-unsaturated/α-hetero) is 1. The molecule has 30 nitrogen and oxygen atoms in total. The molecule has 0 bridgehead atoms. The monoisotopic (exact) mass is 2190 g/mol. The Morgan fingerprint density at radius 3 is 1.23 bits per heavy atom. The number of carbonyl (C=O) groups excluding carboxylic acids is 6. The summed E-state index contributed by atoms with van der Waals surface area (Å²) in [6, 6.07) is 55.1. The summed E-state index contributed by atoms with van der Waals surface area (Å²) in [5.74, 6) is 1.27. The molecule has 0 saturated carbocycles. The molecule has 0 radical (unpaired) electrons. The number of piperidine rings is 1. The van der Waals surface area contributed by atoms with Gasteiger partial charge in [0.15, 0.2) is 11.6 Å². The molecule has 2 amide bonds. The molecule has 3 aromatic heterocycles. The first-order valence-electron chi connectivity index (χ1n) is 46.2. The minimum absolute atomic E-state index is 0. The third-order valence-electron chi connectivity index (χ3n) is 21.8. The van der Waals surface area contributed by atoms with Gasteiger partial charge >= 0.3 is 36.8 Å². The number of hydroxylamine groups is 2. The number of hydrogen-bond acceptors (Lipinski definition) is 30. The van der Waals surface area contributed by atoms with Crippen molar-refractivity contribution >= 4 is 126 Å². The van der Waals surface area contributed by atoms with Crippen molar-refractivity contribution < 1.29 is 149 Å². The number of aromatic carboxylic acids is 1. The smallest absolute Gasteiger partial charge is 0.870 e. The number of nitrogens with one attached hydrogen (secondary N) is 1. The zero-order valence-electron chi connectivity index (χ0n) is 82.3. The number of phenols is 1. The number of carbonyl (C=O) groups is 7. The number of aliphatic hydroxyl groups excluding tert-OH is 1. The second-order valence-corrected chi connectivity index (χ2v) is 39.8. The molecular weight excluding hydrogens is 2050 g/mol. The number of thioether (sulfide) groups is 1. The first kappa shape index (κ1) is 131. The summed E-state index contributed by atoms with van der Waals surface area (Å²) in [5.41, 5.74) is 3.86. The van der Waals surface area contributed by atoms with E-state index < -0.39 is 33.7 Å². The van der Waals surface area contributed by atoms with Crippen LogP contribution >= 0.6 is 73.3 Å². The Morgan fingerprint density at radius 1 is 0.507 bits per heavy atom. The van der Waals surface area contributed by atoms with E-state index >= 15 is 0 Å². The van der Waals surface area contributed by atoms with Crippen molar-refractivity contribution in [2.75, 3.05) is 121 Å². The van der Waals surface area contributed by atoms with Gasteiger partial charge in [-0.2, -0.15) is 34.0 Å². The summed E-state index contributed by atoms with van der Waals surface area (Å²) in [6.07, 6.45) is 11.2. The molecule has 146 heavy (non-hydrogen) atoms. The zero-order valence-corrected chi connectivity index (χ0v) is 88.7. The first-order chi connectivity index (χ1) is 68.0. The Bertz CT molecular complexity index is 5360. The van der Waals surface area contributed by atoms with Crippen LogP contribution in [0.5, 0.6) is 34.5 Å². The second-order valence-electron chi connectivity index (χ2n) is 33.2. The van der Waals surface area contributed by atoms with E-state index in [1.165, 1.54) is 77.4 Å². The van der Waals surface area contributed by atoms with E-state index in [4.69, 9.17) is 89.0 Å². The van der Waals surface area contributed by atoms with Gasteiger partial charge in [0.1, 0.15) is 70.3 Å². The molecule has 7 saturated heterocycles. The molecule has 17 rings (SSSR count). The minimum Gasteiger partial charge on any atom is -0.870 e. The molecule has 7 aliphatic heterocycles. The van der Waals surface area contributed by atoms with E-state index in [9.17, 15) is 37.8 Å². The van der Waals surface area contributed by atoms with Gasteiger partial charge in [0.05, 0.1) is 136 Å². The molecule has 3 unspecified atom stereocenters. The number of hydrogen-bond donors (Lipinski definition) is 5. The Morgan fingerprint density at radius 2 is 0.877 bits per heavy atom. The number of esters is 2. The number of aromatic hydroxyl groups is 1. The van der Waals surface area contributed by atoms with E-state index in [2.05, 4.69) is 35.5 Å². The van der Waals surface area contributed by atoms with Crippen LogP contribution in [0.1, 0.15) is 202 Å². The normalized spacial score (nSPS) is 16.8. The van der Waals surface area contributed by atoms with Crippen molar-refractivity contribution in [3.05, 3.63) is 274 Å². The summed E-state index contributed by atoms with van der Waals surface area (Å²) >= 11 is 15.5. The van der Waals surface area contributed by atoms with Crippen LogP contribution in [0.3, 0.4) is 0 Å². The zero-order chi connectivity index (χ0) is 102. The van der Waals surface area contributed by atoms with E-state index in [-0.39, 0.29) is 135 Å². The number of aliphatic hydroxyl groups is 1. The number of thiophene rings is 3. The summed E-state index contributed by atoms with van der Waals surface area (Å²) in [6.45, 7) is 17.0. The van der Waals surface area contributed by atoms with E-state index in [1.54, 1.807) is 98.3 Å². The molecule has 796 valence electrons. The molecule has 10 heterocycles. The van der Waals surface area contributed by atoms with Crippen molar-refractivity contribution in [3.63, 3.8) is 0 Å². The number of ether oxygens (including phenoxy) is 14. The second kappa shape index (κ2) is 72.1. The number of nitrogens with two attached hydrogens (primary N) is 1. The predicted octanol–water partition coefficient (Wildman–Crippen LogP) is 18.5. The predicted molar refractivity (Wildman–Crippen MR) is 573 cm³/mol. The maximum absolute atomic E-state index is 13.4. The van der Waals surface area contributed by atoms with Gasteiger partial charge in [-0.15, -0.1) is 11.8 Å². The maximum Gasteiger partial charge on any atom is 1.00 e. The molecular formula is C108H142BrClLiN3O27S5. The molecule has 10 aromatic rings. The van der Waals surface area contributed by atoms with Crippen LogP contribution in [0.2, 0.25) is 5.02 Å². The number of benzene rings is 7. The molecule has 0 aliphatic carbocycles. The summed E-state index contributed by atoms with van der Waals surface area (Å²) < 4.78 is 86.0. The number of amides is 2. The summed E-state index contributed by atoms with van der Waals surface area (Å²) in [7, 11) is 6.20. The van der Waals surface area contributed by atoms with E-state index in [1.807, 2.05) is 163 Å². The fourth-order valence-electron chi connectivity index (χ4n) is 13.8. The Kier molecular flexibility index (Phi) is 64.5. The average Bonchev–Trinajstić information content (AvgIpc) is 1.34. The quantitative estimate of drug-likeness (QED) is 0.0138. The van der Waals surface area contributed by atoms with Gasteiger partial charge in [-0.1, -0.05) is 94.5 Å². The van der Waals surface area contributed by atoms with Crippen molar-refractivity contribution in [2.24, 2.45) is 5.14 Å². The third-order valence-corrected chi connectivity index (χ3v) is 27.6. The van der Waals surface area contributed by atoms with E-state index in [0.29, 0.717) is 75.8 Å². The Labute approximate surface area is 903 Å². The molecule has 3 atom stereocenters. The average molecular weight is 2200 g/mol. The van der Waals surface area contributed by atoms with E-state index in [0.717, 1.165) is 165 Å². The molecule has 7 N–H and O–H groups in total. The summed E-state index contributed by atoms with van der Waals surface area (Å²) in [5, 5.41) is 47.5. The van der Waals surface area contributed by atoms with Crippen LogP contribution < -0.4 is 53.0 Å². The molecule has 38 heteroatoms. The van der Waals surface area contributed by atoms with Crippen LogP contribution in [0.25, 0.3) is 0 Å². The SMILES string of the molecule is Brc1ccsc1.C.C.C.CC(C)(C)S(N)=O.CCOC.COC(=O)c1cccc(O)c1.COC(=O)c1cccc(OC2CCOCC2)c1.CON(C)C(=O)c1cccc(OC2CCOCC2)c1.O=C(O)c1cccc(OC2CCOCC2)c1.O=C(c1ccsc1)c1cccc(OC2CCOCC2)c1.O=C1CC(c2ccsc2)(c2cccc(OC3CCOCC3)c2)NC(=O)C1Sc1ccccc1Cl.OC1CCOCC1.[Li+].[OH-]. The number of carboxylic acids is 1. The van der Waals surface area contributed by atoms with Gasteiger partial charge in [0.25, 0.3) is 5.91 Å². The molecule has 7 aliphatic rings. The van der Waals surface area contributed by atoms with Crippen molar-refractivity contribution in [3.8, 4) is 34.5 Å². The number of carboxylic acid groups (broad SMARTS) is 1. The number of halogens is 2. The van der Waals surface area contributed by atoms with Crippen LogP contribution in [-0.4, -0.2) is 239 Å². The number of nitrogens with zero attached hydrogens (tertiary/aromatic N) is 1. The van der Waals surface area contributed by atoms with Gasteiger partial charge in [-0.25, -0.2) is 23.7 Å². The standard InChI is InChI=1S/C26H24ClNO4S2.C16H16O3S.C14H19NO4.C13H16O4.C12H14O4.C8H8O3.C5H10O2.C4H3BrS.C4H11NOS.C3H8O.3CH4.Li.H2O/c27-21-6-1-2-7-23(21)34-24-22(29)15-26(28-25(24)30,18-10-13-33-16-18)17-4-3-5-20(14-17)32-19-8-11-31-12-9-19;17-16(13-6-9-20-11-13)12-2-1-3-15(10-12)19-14-4-7-18-8-5-14;1-15(17-2)14(16)11-4-3-5-13(10-11)19-12-6-8-18-9-7-12;1-15-13(14)10-3-2-4-12(9-10)17-11-5-7-16-8-6-11;13-12(14)9-2-1-3-11(8-9)16-10-4-6-15-7-5-10;1-11-8(10)6-3-2-4-7(9)5-6;6-5-1-3-7-4-2-5;5-4-1-2-6-3-4;1-4(2,3)7(5)6;1-3-4-2;;;;;/h1-7,10,13-14,16,19,24H,8-9,11-12,15H2,(H,28,30);1-3,6,9-11,14H,4-5,7-8H2;3-5,10,12H,6-9H2,1-2H3;2-4,9,11H,5-8H2,1H3;1-3,8,10H,4-7H2,(H,13,14);2-5,9H,1H3;5-6H,1-4H2;1-3H;5H2,1-3H3;3H2,1-2H3;3*1H4;;1H2/q;;;;;;;;;;;;;+1;/p-1. The van der Waals surface area contributed by atoms with Gasteiger partial charge in [-0.3, -0.25) is 29.2 Å². The first-order valence-corrected chi connectivity index (χ1v) is 52.3. The van der Waals surface area contributed by atoms with Gasteiger partial charge < -0.3 is 92.4 Å². The maximum atomic E-state index is 13.4. The summed E-state index contributed by atoms with van der Waals surface area (Å²) in [4.78, 5) is 89.6. The van der Waals surface area contributed by atoms with Crippen molar-refractivity contribution in [1.29, 1.82) is 0 Å². The van der Waals surface area contributed by atoms with Crippen LogP contribution in [0.15, 0.2) is 230 Å². The minimum atomic E-state index is -1.18. The molecule has 0 spiro atoms. The van der Waals surface area contributed by atoms with Gasteiger partial charge in [0.2, 0.25) is 5.91 Å². The van der Waals surface area contributed by atoms with Crippen LogP contribution in [0, 0.1) is 0 Å². The molecule has 7 aromatic carbocycles. The Hall–Kier alpha value is -9.44. The number of ketones is 2. The molecule has 7 fully saturated rings. The van der Waals surface area contributed by atoms with Crippen LogP contribution in [-0.2, 0) is 73.6 Å². The number of phenolic OH excluding ortho intramolecular Hbond substituents is 1. The topological polar surface area (TPSA) is 407 Å².